The molecule has 1 aliphatic heterocycles. The summed E-state index contributed by atoms with van der Waals surface area (Å²) in [6.45, 7) is 3.63. The van der Waals surface area contributed by atoms with Crippen LogP contribution in [0, 0.1) is 16.0 Å². The number of hydrogen-bond acceptors (Lipinski definition) is 6. The lowest BCUT2D eigenvalue weighted by atomic mass is 9.99. The summed E-state index contributed by atoms with van der Waals surface area (Å²) in [6, 6.07) is 1.39. The van der Waals surface area contributed by atoms with E-state index in [1.165, 1.54) is 24.3 Å². The molecule has 1 unspecified atom stereocenters. The third kappa shape index (κ3) is 3.16. The summed E-state index contributed by atoms with van der Waals surface area (Å²) in [5.74, 6) is 0.256. The first kappa shape index (κ1) is 14.9. The highest BCUT2D eigenvalue weighted by Crippen LogP contribution is 2.39. The van der Waals surface area contributed by atoms with Gasteiger partial charge in [0.15, 0.2) is 10.8 Å². The first-order chi connectivity index (χ1) is 9.52. The number of rotatable bonds is 5. The summed E-state index contributed by atoms with van der Waals surface area (Å²) < 4.78 is 5.18. The number of carbonyl (C=O) groups is 1. The standard InChI is InChI=1S/C13H18N2O4S/c1-9(16)12-6-11(15(17)18)13(20-12)14-5-3-4-10(7-14)8-19-2/h6,10H,3-5,7-8H2,1-2H3. The minimum Gasteiger partial charge on any atom is -0.384 e. The molecule has 2 rings (SSSR count). The number of ketones is 1. The number of ether oxygens (including phenoxy) is 1. The number of nitrogens with zero attached hydrogens (tertiary/aromatic N) is 2. The molecule has 0 amide bonds. The van der Waals surface area contributed by atoms with Crippen LogP contribution in [-0.4, -0.2) is 37.5 Å². The molecule has 0 radical (unpaired) electrons. The second kappa shape index (κ2) is 6.32. The molecule has 1 aromatic heterocycles. The Morgan fingerprint density at radius 2 is 2.40 bits per heavy atom. The Morgan fingerprint density at radius 3 is 3.00 bits per heavy atom. The molecule has 1 aromatic rings. The number of piperidine rings is 1. The topological polar surface area (TPSA) is 72.7 Å². The molecule has 0 spiro atoms. The van der Waals surface area contributed by atoms with Crippen molar-refractivity contribution in [2.45, 2.75) is 19.8 Å². The maximum absolute atomic E-state index is 11.4. The number of Topliss-reactive ketones (excluding diaryl/α,β-unsaturated/α-hetero) is 1. The van der Waals surface area contributed by atoms with Crippen molar-refractivity contribution in [3.8, 4) is 0 Å². The maximum atomic E-state index is 11.4. The van der Waals surface area contributed by atoms with E-state index >= 15 is 0 Å². The molecule has 2 heterocycles. The van der Waals surface area contributed by atoms with E-state index in [9.17, 15) is 14.9 Å². The molecule has 1 aliphatic rings. The first-order valence-electron chi connectivity index (χ1n) is 6.56. The van der Waals surface area contributed by atoms with Gasteiger partial charge in [-0.3, -0.25) is 14.9 Å². The lowest BCUT2D eigenvalue weighted by molar-refractivity contribution is -0.383. The van der Waals surface area contributed by atoms with E-state index in [1.807, 2.05) is 4.90 Å². The van der Waals surface area contributed by atoms with Crippen LogP contribution in [0.15, 0.2) is 6.07 Å². The zero-order chi connectivity index (χ0) is 14.7. The van der Waals surface area contributed by atoms with Crippen LogP contribution >= 0.6 is 11.3 Å². The van der Waals surface area contributed by atoms with Gasteiger partial charge in [-0.25, -0.2) is 0 Å². The first-order valence-corrected chi connectivity index (χ1v) is 7.37. The van der Waals surface area contributed by atoms with E-state index < -0.39 is 4.92 Å². The fourth-order valence-corrected chi connectivity index (χ4v) is 3.58. The lowest BCUT2D eigenvalue weighted by Gasteiger charge is -2.32. The molecule has 1 saturated heterocycles. The van der Waals surface area contributed by atoms with Gasteiger partial charge in [0.05, 0.1) is 16.4 Å². The van der Waals surface area contributed by atoms with Gasteiger partial charge in [0, 0.05) is 26.3 Å². The summed E-state index contributed by atoms with van der Waals surface area (Å²) >= 11 is 1.22. The Bertz CT molecular complexity index is 512. The zero-order valence-corrected chi connectivity index (χ0v) is 12.4. The fraction of sp³-hybridized carbons (Fsp3) is 0.615. The molecule has 0 bridgehead atoms. The third-order valence-electron chi connectivity index (χ3n) is 3.45. The van der Waals surface area contributed by atoms with E-state index in [2.05, 4.69) is 0 Å². The second-order valence-electron chi connectivity index (χ2n) is 5.02. The minimum absolute atomic E-state index is 0.0401. The van der Waals surface area contributed by atoms with Crippen LogP contribution in [0.1, 0.15) is 29.4 Å². The fourth-order valence-electron chi connectivity index (χ4n) is 2.52. The average Bonchev–Trinajstić information content (AvgIpc) is 2.85. The summed E-state index contributed by atoms with van der Waals surface area (Å²) in [5.41, 5.74) is 0.0401. The highest BCUT2D eigenvalue weighted by Gasteiger charge is 2.29. The molecule has 110 valence electrons. The van der Waals surface area contributed by atoms with Crippen molar-refractivity contribution >= 4 is 27.8 Å². The Kier molecular flexibility index (Phi) is 4.72. The second-order valence-corrected chi connectivity index (χ2v) is 6.05. The SMILES string of the molecule is COCC1CCCN(c2sc(C(C)=O)cc2[N+](=O)[O-])C1. The van der Waals surface area contributed by atoms with E-state index in [-0.39, 0.29) is 11.5 Å². The average molecular weight is 298 g/mol. The van der Waals surface area contributed by atoms with Gasteiger partial charge < -0.3 is 9.64 Å². The number of methoxy groups -OCH3 is 1. The molecule has 20 heavy (non-hydrogen) atoms. The predicted octanol–water partition coefficient (Wildman–Crippen LogP) is 2.72. The third-order valence-corrected chi connectivity index (χ3v) is 4.73. The zero-order valence-electron chi connectivity index (χ0n) is 11.6. The van der Waals surface area contributed by atoms with Crippen LogP contribution in [0.5, 0.6) is 0 Å². The quantitative estimate of drug-likeness (QED) is 0.475. The van der Waals surface area contributed by atoms with Gasteiger partial charge in [-0.1, -0.05) is 0 Å². The molecule has 6 nitrogen and oxygen atoms in total. The van der Waals surface area contributed by atoms with Gasteiger partial charge in [-0.2, -0.15) is 0 Å². The smallest absolute Gasteiger partial charge is 0.304 e. The molecular formula is C13H18N2O4S. The van der Waals surface area contributed by atoms with Gasteiger partial charge in [-0.05, 0) is 25.7 Å². The lowest BCUT2D eigenvalue weighted by Crippen LogP contribution is -2.36. The largest absolute Gasteiger partial charge is 0.384 e. The van der Waals surface area contributed by atoms with Crippen molar-refractivity contribution in [1.82, 2.24) is 0 Å². The Morgan fingerprint density at radius 1 is 1.65 bits per heavy atom. The van der Waals surface area contributed by atoms with Crippen LogP contribution in [0.3, 0.4) is 0 Å². The molecular weight excluding hydrogens is 280 g/mol. The molecule has 0 saturated carbocycles. The summed E-state index contributed by atoms with van der Waals surface area (Å²) in [6.07, 6.45) is 2.06. The molecule has 0 N–H and O–H groups in total. The summed E-state index contributed by atoms with van der Waals surface area (Å²) in [4.78, 5) is 24.6. The van der Waals surface area contributed by atoms with Crippen LogP contribution in [0.2, 0.25) is 0 Å². The number of hydrogen-bond donors (Lipinski definition) is 0. The molecule has 0 aliphatic carbocycles. The summed E-state index contributed by atoms with van der Waals surface area (Å²) in [5, 5.41) is 11.8. The van der Waals surface area contributed by atoms with Crippen molar-refractivity contribution in [1.29, 1.82) is 0 Å². The highest BCUT2D eigenvalue weighted by atomic mass is 32.1. The van der Waals surface area contributed by atoms with Gasteiger partial charge in [0.25, 0.3) is 0 Å². The van der Waals surface area contributed by atoms with Gasteiger partial charge >= 0.3 is 5.69 Å². The van der Waals surface area contributed by atoms with Gasteiger partial charge in [-0.15, -0.1) is 11.3 Å². The van der Waals surface area contributed by atoms with E-state index in [4.69, 9.17) is 4.74 Å². The van der Waals surface area contributed by atoms with Crippen molar-refractivity contribution in [2.24, 2.45) is 5.92 Å². The van der Waals surface area contributed by atoms with Crippen molar-refractivity contribution in [2.75, 3.05) is 31.7 Å². The number of anilines is 1. The predicted molar refractivity (Wildman–Crippen MR) is 77.8 cm³/mol. The number of thiophene rings is 1. The van der Waals surface area contributed by atoms with Crippen molar-refractivity contribution < 1.29 is 14.5 Å². The molecule has 1 fully saturated rings. The van der Waals surface area contributed by atoms with Crippen molar-refractivity contribution in [3.05, 3.63) is 21.1 Å². The minimum atomic E-state index is -0.405. The van der Waals surface area contributed by atoms with Crippen molar-refractivity contribution in [3.63, 3.8) is 0 Å². The van der Waals surface area contributed by atoms with Crippen LogP contribution < -0.4 is 4.90 Å². The molecule has 7 heteroatoms. The van der Waals surface area contributed by atoms with E-state index in [0.717, 1.165) is 25.9 Å². The number of nitro groups is 1. The normalized spacial score (nSPS) is 19.1. The Hall–Kier alpha value is -1.47. The van der Waals surface area contributed by atoms with Gasteiger partial charge in [0.2, 0.25) is 0 Å². The van der Waals surface area contributed by atoms with Gasteiger partial charge in [0.1, 0.15) is 0 Å². The van der Waals surface area contributed by atoms with Crippen LogP contribution in [-0.2, 0) is 4.74 Å². The molecule has 1 atom stereocenters. The van der Waals surface area contributed by atoms with Crippen LogP contribution in [0.4, 0.5) is 10.7 Å². The number of carbonyl (C=O) groups excluding carboxylic acids is 1. The highest BCUT2D eigenvalue weighted by molar-refractivity contribution is 7.18. The monoisotopic (exact) mass is 298 g/mol. The maximum Gasteiger partial charge on any atom is 0.304 e. The molecule has 0 aromatic carbocycles. The Labute approximate surface area is 121 Å². The summed E-state index contributed by atoms with van der Waals surface area (Å²) in [7, 11) is 1.67. The van der Waals surface area contributed by atoms with E-state index in [1.54, 1.807) is 7.11 Å². The van der Waals surface area contributed by atoms with E-state index in [0.29, 0.717) is 22.4 Å². The Balaban J connectivity index is 2.26. The van der Waals surface area contributed by atoms with Crippen LogP contribution in [0.25, 0.3) is 0 Å².